The number of nitrogens with zero attached hydrogens (tertiary/aromatic N) is 5. The van der Waals surface area contributed by atoms with Crippen LogP contribution in [0.15, 0.2) is 48.7 Å². The molecule has 0 radical (unpaired) electrons. The highest BCUT2D eigenvalue weighted by molar-refractivity contribution is 5.91. The molecule has 26 heavy (non-hydrogen) atoms. The van der Waals surface area contributed by atoms with Gasteiger partial charge >= 0.3 is 0 Å². The minimum Gasteiger partial charge on any atom is -0.372 e. The maximum atomic E-state index is 4.78. The number of likely N-dealkylation sites (N-methyl/N-ethyl adjacent to an activating group) is 1. The first kappa shape index (κ1) is 16.8. The van der Waals surface area contributed by atoms with Crippen LogP contribution in [-0.2, 0) is 6.42 Å². The highest BCUT2D eigenvalue weighted by atomic mass is 15.3. The number of aromatic nitrogens is 3. The summed E-state index contributed by atoms with van der Waals surface area (Å²) < 4.78 is 0. The molecule has 1 fully saturated rings. The molecule has 0 saturated carbocycles. The van der Waals surface area contributed by atoms with Crippen molar-refractivity contribution in [3.63, 3.8) is 0 Å². The Morgan fingerprint density at radius 1 is 1.19 bits per heavy atom. The fraction of sp³-hybridized carbons (Fsp3) is 0.381. The molecule has 4 rings (SSSR count). The molecule has 3 aromatic rings. The van der Waals surface area contributed by atoms with Gasteiger partial charge in [0, 0.05) is 49.1 Å². The number of pyridine rings is 1. The van der Waals surface area contributed by atoms with Gasteiger partial charge in [-0.15, -0.1) is 5.10 Å². The summed E-state index contributed by atoms with van der Waals surface area (Å²) in [6, 6.07) is 15.1. The predicted molar refractivity (Wildman–Crippen MR) is 107 cm³/mol. The number of benzene rings is 1. The maximum absolute atomic E-state index is 4.78. The largest absolute Gasteiger partial charge is 0.372 e. The van der Waals surface area contributed by atoms with Crippen molar-refractivity contribution < 1.29 is 0 Å². The normalized spacial score (nSPS) is 17.0. The minimum absolute atomic E-state index is 0.453. The molecule has 1 atom stereocenters. The summed E-state index contributed by atoms with van der Waals surface area (Å²) in [5.41, 5.74) is 3.48. The van der Waals surface area contributed by atoms with E-state index >= 15 is 0 Å². The molecule has 1 aliphatic heterocycles. The van der Waals surface area contributed by atoms with E-state index in [-0.39, 0.29) is 0 Å². The molecule has 1 aromatic carbocycles. The Morgan fingerprint density at radius 2 is 2.08 bits per heavy atom. The Hall–Kier alpha value is -2.69. The van der Waals surface area contributed by atoms with Crippen LogP contribution in [0.5, 0.6) is 0 Å². The quantitative estimate of drug-likeness (QED) is 0.704. The van der Waals surface area contributed by atoms with Crippen molar-refractivity contribution in [1.29, 1.82) is 0 Å². The standard InChI is InChI=1S/C21H25N5/c1-3-16-14-20(18-9-4-5-10-19(18)23-16)25(2)15-17-8-7-13-26(17)21-11-6-12-22-24-21/h4-6,9-12,14,17H,3,7-8,13,15H2,1-2H3. The second kappa shape index (κ2) is 7.28. The summed E-state index contributed by atoms with van der Waals surface area (Å²) in [4.78, 5) is 9.55. The van der Waals surface area contributed by atoms with Crippen molar-refractivity contribution in [2.75, 3.05) is 29.9 Å². The lowest BCUT2D eigenvalue weighted by atomic mass is 10.1. The number of anilines is 2. The summed E-state index contributed by atoms with van der Waals surface area (Å²) in [6.07, 6.45) is 5.06. The first-order chi connectivity index (χ1) is 12.8. The number of hydrogen-bond donors (Lipinski definition) is 0. The third-order valence-electron chi connectivity index (χ3n) is 5.24. The smallest absolute Gasteiger partial charge is 0.151 e. The summed E-state index contributed by atoms with van der Waals surface area (Å²) in [7, 11) is 2.19. The number of aryl methyl sites for hydroxylation is 1. The zero-order chi connectivity index (χ0) is 17.9. The Bertz CT molecular complexity index is 880. The lowest BCUT2D eigenvalue weighted by molar-refractivity contribution is 0.647. The van der Waals surface area contributed by atoms with Gasteiger partial charge in [-0.05, 0) is 43.5 Å². The van der Waals surface area contributed by atoms with Crippen LogP contribution < -0.4 is 9.80 Å². The molecular formula is C21H25N5. The van der Waals surface area contributed by atoms with E-state index < -0.39 is 0 Å². The average Bonchev–Trinajstić information content (AvgIpc) is 3.15. The van der Waals surface area contributed by atoms with Gasteiger partial charge in [0.05, 0.1) is 5.52 Å². The van der Waals surface area contributed by atoms with Crippen LogP contribution in [0.1, 0.15) is 25.5 Å². The molecule has 5 heteroatoms. The van der Waals surface area contributed by atoms with E-state index in [1.54, 1.807) is 6.20 Å². The van der Waals surface area contributed by atoms with E-state index in [1.165, 1.54) is 23.9 Å². The molecule has 1 unspecified atom stereocenters. The molecule has 0 N–H and O–H groups in total. The van der Waals surface area contributed by atoms with E-state index in [9.17, 15) is 0 Å². The lowest BCUT2D eigenvalue weighted by Gasteiger charge is -2.31. The van der Waals surface area contributed by atoms with Crippen molar-refractivity contribution >= 4 is 22.4 Å². The van der Waals surface area contributed by atoms with Gasteiger partial charge < -0.3 is 9.80 Å². The van der Waals surface area contributed by atoms with E-state index in [4.69, 9.17) is 4.98 Å². The van der Waals surface area contributed by atoms with E-state index in [2.05, 4.69) is 70.4 Å². The molecule has 2 aromatic heterocycles. The van der Waals surface area contributed by atoms with Gasteiger partial charge in [0.15, 0.2) is 5.82 Å². The molecular weight excluding hydrogens is 322 g/mol. The van der Waals surface area contributed by atoms with Crippen LogP contribution in [0.2, 0.25) is 0 Å². The summed E-state index contributed by atoms with van der Waals surface area (Å²) in [5, 5.41) is 9.59. The SMILES string of the molecule is CCc1cc(N(C)CC2CCCN2c2cccnn2)c2ccccc2n1. The average molecular weight is 347 g/mol. The van der Waals surface area contributed by atoms with Gasteiger partial charge in [-0.25, -0.2) is 0 Å². The van der Waals surface area contributed by atoms with E-state index in [1.807, 2.05) is 6.07 Å². The topological polar surface area (TPSA) is 45.2 Å². The Balaban J connectivity index is 1.62. The Morgan fingerprint density at radius 3 is 2.88 bits per heavy atom. The predicted octanol–water partition coefficient (Wildman–Crippen LogP) is 3.69. The second-order valence-electron chi connectivity index (χ2n) is 6.96. The summed E-state index contributed by atoms with van der Waals surface area (Å²) in [6.45, 7) is 4.18. The molecule has 5 nitrogen and oxygen atoms in total. The molecule has 0 amide bonds. The second-order valence-corrected chi connectivity index (χ2v) is 6.96. The van der Waals surface area contributed by atoms with Crippen LogP contribution in [0.3, 0.4) is 0 Å². The molecule has 0 aliphatic carbocycles. The number of para-hydroxylation sites is 1. The first-order valence-electron chi connectivity index (χ1n) is 9.40. The zero-order valence-corrected chi connectivity index (χ0v) is 15.5. The highest BCUT2D eigenvalue weighted by Crippen LogP contribution is 2.29. The first-order valence-corrected chi connectivity index (χ1v) is 9.40. The lowest BCUT2D eigenvalue weighted by Crippen LogP contribution is -2.39. The fourth-order valence-electron chi connectivity index (χ4n) is 3.90. The van der Waals surface area contributed by atoms with Crippen LogP contribution in [0.4, 0.5) is 11.5 Å². The van der Waals surface area contributed by atoms with Gasteiger partial charge in [0.25, 0.3) is 0 Å². The summed E-state index contributed by atoms with van der Waals surface area (Å²) >= 11 is 0. The van der Waals surface area contributed by atoms with Gasteiger partial charge in [-0.2, -0.15) is 5.10 Å². The number of rotatable bonds is 5. The van der Waals surface area contributed by atoms with Gasteiger partial charge in [-0.3, -0.25) is 4.98 Å². The van der Waals surface area contributed by atoms with Gasteiger partial charge in [0.2, 0.25) is 0 Å². The summed E-state index contributed by atoms with van der Waals surface area (Å²) in [5.74, 6) is 0.984. The van der Waals surface area contributed by atoms with Gasteiger partial charge in [-0.1, -0.05) is 25.1 Å². The number of fused-ring (bicyclic) bond motifs is 1. The Kier molecular flexibility index (Phi) is 4.69. The third kappa shape index (κ3) is 3.21. The maximum Gasteiger partial charge on any atom is 0.151 e. The fourth-order valence-corrected chi connectivity index (χ4v) is 3.90. The van der Waals surface area contributed by atoms with Gasteiger partial charge in [0.1, 0.15) is 0 Å². The van der Waals surface area contributed by atoms with Crippen molar-refractivity contribution in [3.05, 3.63) is 54.4 Å². The van der Waals surface area contributed by atoms with Crippen LogP contribution >= 0.6 is 0 Å². The molecule has 1 saturated heterocycles. The van der Waals surface area contributed by atoms with Crippen molar-refractivity contribution in [2.24, 2.45) is 0 Å². The zero-order valence-electron chi connectivity index (χ0n) is 15.5. The monoisotopic (exact) mass is 347 g/mol. The van der Waals surface area contributed by atoms with Crippen LogP contribution in [-0.4, -0.2) is 41.4 Å². The van der Waals surface area contributed by atoms with Crippen molar-refractivity contribution in [2.45, 2.75) is 32.2 Å². The number of hydrogen-bond acceptors (Lipinski definition) is 5. The van der Waals surface area contributed by atoms with Crippen LogP contribution in [0.25, 0.3) is 10.9 Å². The third-order valence-corrected chi connectivity index (χ3v) is 5.24. The Labute approximate surface area is 154 Å². The minimum atomic E-state index is 0.453. The molecule has 3 heterocycles. The molecule has 0 bridgehead atoms. The van der Waals surface area contributed by atoms with Crippen molar-refractivity contribution in [1.82, 2.24) is 15.2 Å². The molecule has 0 spiro atoms. The van der Waals surface area contributed by atoms with E-state index in [0.717, 1.165) is 36.5 Å². The molecule has 1 aliphatic rings. The van der Waals surface area contributed by atoms with Crippen molar-refractivity contribution in [3.8, 4) is 0 Å². The van der Waals surface area contributed by atoms with Crippen LogP contribution in [0, 0.1) is 0 Å². The molecule has 134 valence electrons. The van der Waals surface area contributed by atoms with E-state index in [0.29, 0.717) is 6.04 Å². The highest BCUT2D eigenvalue weighted by Gasteiger charge is 2.27.